The first kappa shape index (κ1) is 14.1. The van der Waals surface area contributed by atoms with Crippen molar-refractivity contribution in [1.29, 1.82) is 5.26 Å². The summed E-state index contributed by atoms with van der Waals surface area (Å²) in [6.07, 6.45) is 0. The summed E-state index contributed by atoms with van der Waals surface area (Å²) in [7, 11) is 0. The molecule has 4 N–H and O–H groups in total. The molecule has 2 rings (SSSR count). The van der Waals surface area contributed by atoms with Gasteiger partial charge in [0.1, 0.15) is 17.7 Å². The van der Waals surface area contributed by atoms with Crippen LogP contribution in [-0.4, -0.2) is 16.5 Å². The second-order valence-corrected chi connectivity index (χ2v) is 4.87. The highest BCUT2D eigenvalue weighted by molar-refractivity contribution is 9.10. The fourth-order valence-electron chi connectivity index (χ4n) is 1.66. The number of benzene rings is 1. The molecular weight excluding hydrogens is 320 g/mol. The predicted octanol–water partition coefficient (Wildman–Crippen LogP) is 2.87. The zero-order valence-corrected chi connectivity index (χ0v) is 12.4. The number of halogens is 1. The van der Waals surface area contributed by atoms with Crippen molar-refractivity contribution < 1.29 is 0 Å². The van der Waals surface area contributed by atoms with Crippen molar-refractivity contribution >= 4 is 39.2 Å². The van der Waals surface area contributed by atoms with Crippen LogP contribution < -0.4 is 16.4 Å². The minimum Gasteiger partial charge on any atom is -0.370 e. The Kier molecular flexibility index (Phi) is 4.38. The lowest BCUT2D eigenvalue weighted by Gasteiger charge is -2.10. The highest BCUT2D eigenvalue weighted by Gasteiger charge is 2.06. The Hall–Kier alpha value is -2.33. The average molecular weight is 333 g/mol. The van der Waals surface area contributed by atoms with E-state index in [2.05, 4.69) is 42.6 Å². The quantitative estimate of drug-likeness (QED) is 0.796. The zero-order valence-electron chi connectivity index (χ0n) is 10.8. The Morgan fingerprint density at radius 1 is 1.30 bits per heavy atom. The second-order valence-electron chi connectivity index (χ2n) is 3.95. The maximum atomic E-state index is 9.13. The molecule has 7 heteroatoms. The molecular formula is C13H13BrN6. The highest BCUT2D eigenvalue weighted by Crippen LogP contribution is 2.24. The maximum absolute atomic E-state index is 9.13. The highest BCUT2D eigenvalue weighted by atomic mass is 79.9. The predicted molar refractivity (Wildman–Crippen MR) is 82.7 cm³/mol. The summed E-state index contributed by atoms with van der Waals surface area (Å²) >= 11 is 3.33. The van der Waals surface area contributed by atoms with Crippen LogP contribution in [0, 0.1) is 11.3 Å². The van der Waals surface area contributed by atoms with Crippen molar-refractivity contribution in [1.82, 2.24) is 9.97 Å². The van der Waals surface area contributed by atoms with E-state index in [0.717, 1.165) is 11.0 Å². The topological polar surface area (TPSA) is 99.6 Å². The average Bonchev–Trinajstić information content (AvgIpc) is 2.40. The molecule has 0 aliphatic carbocycles. The number of hydrogen-bond acceptors (Lipinski definition) is 6. The fourth-order valence-corrected chi connectivity index (χ4v) is 2.02. The first-order valence-electron chi connectivity index (χ1n) is 5.97. The minimum atomic E-state index is 0.168. The molecule has 102 valence electrons. The van der Waals surface area contributed by atoms with Crippen LogP contribution in [-0.2, 0) is 0 Å². The van der Waals surface area contributed by atoms with E-state index < -0.39 is 0 Å². The number of nitrogens with zero attached hydrogens (tertiary/aromatic N) is 3. The number of nitrogens with one attached hydrogen (secondary N) is 2. The molecule has 0 radical (unpaired) electrons. The third kappa shape index (κ3) is 3.36. The molecule has 0 unspecified atom stereocenters. The van der Waals surface area contributed by atoms with Gasteiger partial charge in [-0.3, -0.25) is 0 Å². The lowest BCUT2D eigenvalue weighted by Crippen LogP contribution is -2.06. The third-order valence-electron chi connectivity index (χ3n) is 2.47. The van der Waals surface area contributed by atoms with E-state index in [1.807, 2.05) is 13.0 Å². The third-order valence-corrected chi connectivity index (χ3v) is 2.96. The van der Waals surface area contributed by atoms with Gasteiger partial charge in [0, 0.05) is 17.1 Å². The number of nitriles is 1. The Labute approximate surface area is 125 Å². The monoisotopic (exact) mass is 332 g/mol. The molecule has 0 saturated heterocycles. The molecule has 0 spiro atoms. The van der Waals surface area contributed by atoms with E-state index >= 15 is 0 Å². The molecule has 0 fully saturated rings. The van der Waals surface area contributed by atoms with Gasteiger partial charge in [-0.05, 0) is 25.1 Å². The van der Waals surface area contributed by atoms with E-state index in [9.17, 15) is 0 Å². The number of rotatable bonds is 4. The Balaban J connectivity index is 2.32. The smallest absolute Gasteiger partial charge is 0.223 e. The van der Waals surface area contributed by atoms with E-state index in [1.54, 1.807) is 18.2 Å². The van der Waals surface area contributed by atoms with Crippen LogP contribution in [0.2, 0.25) is 0 Å². The molecule has 0 amide bonds. The number of nitrogens with two attached hydrogens (primary N) is 1. The van der Waals surface area contributed by atoms with Crippen molar-refractivity contribution in [3.63, 3.8) is 0 Å². The van der Waals surface area contributed by atoms with E-state index in [1.165, 1.54) is 0 Å². The first-order chi connectivity index (χ1) is 9.62. The van der Waals surface area contributed by atoms with Crippen LogP contribution in [0.25, 0.3) is 0 Å². The van der Waals surface area contributed by atoms with Gasteiger partial charge in [-0.25, -0.2) is 0 Å². The standard InChI is InChI=1S/C13H13BrN6/c1-2-17-11-6-12(20-13(16)19-11)18-10-4-3-9(14)5-8(10)7-15/h3-6H,2H2,1H3,(H4,16,17,18,19,20). The molecule has 1 aromatic carbocycles. The van der Waals surface area contributed by atoms with Crippen LogP contribution in [0.15, 0.2) is 28.7 Å². The zero-order chi connectivity index (χ0) is 14.5. The van der Waals surface area contributed by atoms with Crippen LogP contribution >= 0.6 is 15.9 Å². The van der Waals surface area contributed by atoms with Gasteiger partial charge in [0.2, 0.25) is 5.95 Å². The van der Waals surface area contributed by atoms with Crippen molar-refractivity contribution in [3.8, 4) is 6.07 Å². The van der Waals surface area contributed by atoms with Crippen LogP contribution in [0.1, 0.15) is 12.5 Å². The van der Waals surface area contributed by atoms with Gasteiger partial charge in [-0.15, -0.1) is 0 Å². The molecule has 0 aliphatic rings. The first-order valence-corrected chi connectivity index (χ1v) is 6.76. The van der Waals surface area contributed by atoms with Crippen molar-refractivity contribution in [2.24, 2.45) is 0 Å². The number of aromatic nitrogens is 2. The normalized spacial score (nSPS) is 9.85. The van der Waals surface area contributed by atoms with Crippen LogP contribution in [0.4, 0.5) is 23.3 Å². The second kappa shape index (κ2) is 6.21. The van der Waals surface area contributed by atoms with Gasteiger partial charge < -0.3 is 16.4 Å². The minimum absolute atomic E-state index is 0.168. The van der Waals surface area contributed by atoms with Gasteiger partial charge >= 0.3 is 0 Å². The van der Waals surface area contributed by atoms with Crippen LogP contribution in [0.5, 0.6) is 0 Å². The molecule has 1 aromatic heterocycles. The van der Waals surface area contributed by atoms with Gasteiger partial charge in [0.15, 0.2) is 0 Å². The lowest BCUT2D eigenvalue weighted by atomic mass is 10.2. The summed E-state index contributed by atoms with van der Waals surface area (Å²) in [6.45, 7) is 2.70. The molecule has 2 aromatic rings. The number of hydrogen-bond donors (Lipinski definition) is 3. The Morgan fingerprint density at radius 3 is 2.75 bits per heavy atom. The molecule has 0 aliphatic heterocycles. The van der Waals surface area contributed by atoms with Gasteiger partial charge in [-0.2, -0.15) is 15.2 Å². The van der Waals surface area contributed by atoms with Crippen molar-refractivity contribution in [3.05, 3.63) is 34.3 Å². The maximum Gasteiger partial charge on any atom is 0.223 e. The molecule has 20 heavy (non-hydrogen) atoms. The van der Waals surface area contributed by atoms with Gasteiger partial charge in [0.05, 0.1) is 11.3 Å². The molecule has 0 saturated carbocycles. The summed E-state index contributed by atoms with van der Waals surface area (Å²) in [5.41, 5.74) is 6.84. The fraction of sp³-hybridized carbons (Fsp3) is 0.154. The largest absolute Gasteiger partial charge is 0.370 e. The molecule has 1 heterocycles. The lowest BCUT2D eigenvalue weighted by molar-refractivity contribution is 1.12. The SMILES string of the molecule is CCNc1cc(Nc2ccc(Br)cc2C#N)nc(N)n1. The summed E-state index contributed by atoms with van der Waals surface area (Å²) < 4.78 is 0.843. The van der Waals surface area contributed by atoms with E-state index in [0.29, 0.717) is 22.9 Å². The Bertz CT molecular complexity index is 664. The van der Waals surface area contributed by atoms with Crippen molar-refractivity contribution in [2.45, 2.75) is 6.92 Å². The molecule has 6 nitrogen and oxygen atoms in total. The number of nitrogen functional groups attached to an aromatic ring is 1. The van der Waals surface area contributed by atoms with E-state index in [-0.39, 0.29) is 5.95 Å². The summed E-state index contributed by atoms with van der Waals surface area (Å²) in [4.78, 5) is 8.17. The number of anilines is 4. The Morgan fingerprint density at radius 2 is 2.05 bits per heavy atom. The van der Waals surface area contributed by atoms with E-state index in [4.69, 9.17) is 11.0 Å². The molecule has 0 bridgehead atoms. The summed E-state index contributed by atoms with van der Waals surface area (Å²) in [6, 6.07) is 9.25. The van der Waals surface area contributed by atoms with Gasteiger partial charge in [-0.1, -0.05) is 15.9 Å². The van der Waals surface area contributed by atoms with Crippen molar-refractivity contribution in [2.75, 3.05) is 22.9 Å². The van der Waals surface area contributed by atoms with Gasteiger partial charge in [0.25, 0.3) is 0 Å². The summed E-state index contributed by atoms with van der Waals surface area (Å²) in [5.74, 6) is 1.34. The molecule has 0 atom stereocenters. The van der Waals surface area contributed by atoms with Crippen LogP contribution in [0.3, 0.4) is 0 Å². The summed E-state index contributed by atoms with van der Waals surface area (Å²) in [5, 5.41) is 15.3.